The molecule has 1 heterocycles. The molecule has 2 aromatic rings. The van der Waals surface area contributed by atoms with Crippen LogP contribution in [0.4, 0.5) is 4.39 Å². The molecule has 0 radical (unpaired) electrons. The van der Waals surface area contributed by atoms with E-state index in [4.69, 9.17) is 9.47 Å². The van der Waals surface area contributed by atoms with E-state index in [1.165, 1.54) is 0 Å². The molecule has 162 valence electrons. The number of benzene rings is 2. The highest BCUT2D eigenvalue weighted by Gasteiger charge is 2.11. The van der Waals surface area contributed by atoms with Crippen LogP contribution in [-0.4, -0.2) is 57.4 Å². The second kappa shape index (κ2) is 11.5. The number of para-hydroxylation sites is 1. The number of ether oxygens (including phenoxy) is 2. The Morgan fingerprint density at radius 3 is 2.67 bits per heavy atom. The van der Waals surface area contributed by atoms with Crippen LogP contribution in [0.2, 0.25) is 0 Å². The molecule has 0 aliphatic carbocycles. The number of guanidine groups is 1. The smallest absolute Gasteiger partial charge is 0.191 e. The van der Waals surface area contributed by atoms with E-state index in [2.05, 4.69) is 20.5 Å². The van der Waals surface area contributed by atoms with Crippen molar-refractivity contribution >= 4 is 5.96 Å². The minimum absolute atomic E-state index is 0.194. The van der Waals surface area contributed by atoms with Crippen LogP contribution in [0, 0.1) is 12.7 Å². The molecule has 6 nitrogen and oxygen atoms in total. The van der Waals surface area contributed by atoms with Crippen molar-refractivity contribution in [1.82, 2.24) is 15.5 Å². The normalized spacial score (nSPS) is 15.1. The summed E-state index contributed by atoms with van der Waals surface area (Å²) in [4.78, 5) is 6.60. The summed E-state index contributed by atoms with van der Waals surface area (Å²) in [5, 5.41) is 6.52. The number of aryl methyl sites for hydroxylation is 1. The first kappa shape index (κ1) is 22.1. The highest BCUT2D eigenvalue weighted by Crippen LogP contribution is 2.18. The van der Waals surface area contributed by atoms with Gasteiger partial charge in [-0.05, 0) is 30.2 Å². The Balaban J connectivity index is 1.48. The van der Waals surface area contributed by atoms with Crippen molar-refractivity contribution in [2.75, 3.05) is 46.5 Å². The van der Waals surface area contributed by atoms with Crippen LogP contribution in [0.15, 0.2) is 47.5 Å². The molecular weight excluding hydrogens is 383 g/mol. The molecule has 0 atom stereocenters. The minimum atomic E-state index is -0.194. The van der Waals surface area contributed by atoms with Crippen molar-refractivity contribution in [3.8, 4) is 5.75 Å². The third-order valence-electron chi connectivity index (χ3n) is 5.11. The molecule has 30 heavy (non-hydrogen) atoms. The highest BCUT2D eigenvalue weighted by atomic mass is 19.1. The fourth-order valence-electron chi connectivity index (χ4n) is 3.23. The Hall–Kier alpha value is -2.64. The number of hydrogen-bond donors (Lipinski definition) is 2. The Bertz CT molecular complexity index is 838. The lowest BCUT2D eigenvalue weighted by Crippen LogP contribution is -2.38. The number of hydrogen-bond acceptors (Lipinski definition) is 4. The van der Waals surface area contributed by atoms with Gasteiger partial charge in [0.25, 0.3) is 0 Å². The first-order chi connectivity index (χ1) is 14.7. The van der Waals surface area contributed by atoms with Gasteiger partial charge in [-0.3, -0.25) is 9.89 Å². The van der Waals surface area contributed by atoms with Crippen molar-refractivity contribution in [1.29, 1.82) is 0 Å². The van der Waals surface area contributed by atoms with Gasteiger partial charge in [0.15, 0.2) is 5.96 Å². The second-order valence-electron chi connectivity index (χ2n) is 7.27. The predicted octanol–water partition coefficient (Wildman–Crippen LogP) is 2.71. The molecule has 2 N–H and O–H groups in total. The Labute approximate surface area is 178 Å². The minimum Gasteiger partial charge on any atom is -0.492 e. The molecule has 0 aromatic heterocycles. The maximum Gasteiger partial charge on any atom is 0.191 e. The summed E-state index contributed by atoms with van der Waals surface area (Å²) >= 11 is 0. The lowest BCUT2D eigenvalue weighted by atomic mass is 10.1. The van der Waals surface area contributed by atoms with Crippen molar-refractivity contribution in [3.63, 3.8) is 0 Å². The topological polar surface area (TPSA) is 58.1 Å². The molecule has 0 saturated carbocycles. The maximum absolute atomic E-state index is 13.7. The standard InChI is InChI=1S/C23H31FN4O2/c1-18-7-8-19(15-21(18)24)16-26-23(25-2)27-17-20-5-3-4-6-22(20)30-14-11-28-9-12-29-13-10-28/h3-8,15H,9-14,16-17H2,1-2H3,(H2,25,26,27). The van der Waals surface area contributed by atoms with Gasteiger partial charge < -0.3 is 20.1 Å². The molecule has 2 aromatic carbocycles. The van der Waals surface area contributed by atoms with E-state index in [0.717, 1.165) is 49.7 Å². The molecule has 0 bridgehead atoms. The van der Waals surface area contributed by atoms with E-state index < -0.39 is 0 Å². The SMILES string of the molecule is CN=C(NCc1ccc(C)c(F)c1)NCc1ccccc1OCCN1CCOCC1. The van der Waals surface area contributed by atoms with Crippen molar-refractivity contribution in [2.24, 2.45) is 4.99 Å². The van der Waals surface area contributed by atoms with Crippen molar-refractivity contribution in [2.45, 2.75) is 20.0 Å². The fourth-order valence-corrected chi connectivity index (χ4v) is 3.23. The Morgan fingerprint density at radius 2 is 1.90 bits per heavy atom. The van der Waals surface area contributed by atoms with Crippen LogP contribution < -0.4 is 15.4 Å². The number of aliphatic imine (C=N–C) groups is 1. The third kappa shape index (κ3) is 6.71. The van der Waals surface area contributed by atoms with Crippen LogP contribution in [-0.2, 0) is 17.8 Å². The van der Waals surface area contributed by atoms with E-state index in [0.29, 0.717) is 31.2 Å². The average Bonchev–Trinajstić information content (AvgIpc) is 2.78. The molecule has 1 aliphatic rings. The van der Waals surface area contributed by atoms with E-state index in [1.54, 1.807) is 26.1 Å². The number of nitrogens with zero attached hydrogens (tertiary/aromatic N) is 2. The van der Waals surface area contributed by atoms with Crippen molar-refractivity contribution < 1.29 is 13.9 Å². The van der Waals surface area contributed by atoms with Crippen LogP contribution >= 0.6 is 0 Å². The van der Waals surface area contributed by atoms with Crippen LogP contribution in [0.1, 0.15) is 16.7 Å². The zero-order valence-corrected chi connectivity index (χ0v) is 17.8. The maximum atomic E-state index is 13.7. The lowest BCUT2D eigenvalue weighted by molar-refractivity contribution is 0.0322. The summed E-state index contributed by atoms with van der Waals surface area (Å²) < 4.78 is 25.1. The molecular formula is C23H31FN4O2. The Morgan fingerprint density at radius 1 is 1.13 bits per heavy atom. The number of morpholine rings is 1. The Kier molecular flexibility index (Phi) is 8.47. The summed E-state index contributed by atoms with van der Waals surface area (Å²) in [5.74, 6) is 1.33. The molecule has 0 unspecified atom stereocenters. The van der Waals surface area contributed by atoms with Gasteiger partial charge in [0, 0.05) is 45.3 Å². The van der Waals surface area contributed by atoms with Gasteiger partial charge in [-0.1, -0.05) is 30.3 Å². The first-order valence-corrected chi connectivity index (χ1v) is 10.4. The summed E-state index contributed by atoms with van der Waals surface area (Å²) in [6, 6.07) is 13.3. The lowest BCUT2D eigenvalue weighted by Gasteiger charge is -2.26. The largest absolute Gasteiger partial charge is 0.492 e. The summed E-state index contributed by atoms with van der Waals surface area (Å²) in [7, 11) is 1.72. The zero-order valence-electron chi connectivity index (χ0n) is 17.8. The third-order valence-corrected chi connectivity index (χ3v) is 5.11. The van der Waals surface area contributed by atoms with Crippen molar-refractivity contribution in [3.05, 3.63) is 65.0 Å². The molecule has 0 amide bonds. The summed E-state index contributed by atoms with van der Waals surface area (Å²) in [6.45, 7) is 7.87. The van der Waals surface area contributed by atoms with Gasteiger partial charge in [-0.2, -0.15) is 0 Å². The zero-order chi connectivity index (χ0) is 21.2. The van der Waals surface area contributed by atoms with Gasteiger partial charge in [0.2, 0.25) is 0 Å². The predicted molar refractivity (Wildman–Crippen MR) is 117 cm³/mol. The second-order valence-corrected chi connectivity index (χ2v) is 7.27. The van der Waals surface area contributed by atoms with E-state index in [1.807, 2.05) is 30.3 Å². The molecule has 1 saturated heterocycles. The van der Waals surface area contributed by atoms with Gasteiger partial charge >= 0.3 is 0 Å². The molecule has 3 rings (SSSR count). The molecule has 1 fully saturated rings. The van der Waals surface area contributed by atoms with Crippen LogP contribution in [0.5, 0.6) is 5.75 Å². The van der Waals surface area contributed by atoms with Gasteiger partial charge in [-0.25, -0.2) is 4.39 Å². The van der Waals surface area contributed by atoms with E-state index >= 15 is 0 Å². The van der Waals surface area contributed by atoms with Gasteiger partial charge in [-0.15, -0.1) is 0 Å². The van der Waals surface area contributed by atoms with Crippen LogP contribution in [0.25, 0.3) is 0 Å². The van der Waals surface area contributed by atoms with Gasteiger partial charge in [0.05, 0.1) is 13.2 Å². The fraction of sp³-hybridized carbons (Fsp3) is 0.435. The molecule has 7 heteroatoms. The summed E-state index contributed by atoms with van der Waals surface area (Å²) in [6.07, 6.45) is 0. The van der Waals surface area contributed by atoms with Gasteiger partial charge in [0.1, 0.15) is 18.2 Å². The molecule has 1 aliphatic heterocycles. The summed E-state index contributed by atoms with van der Waals surface area (Å²) in [5.41, 5.74) is 2.57. The highest BCUT2D eigenvalue weighted by molar-refractivity contribution is 5.79. The molecule has 0 spiro atoms. The number of rotatable bonds is 8. The first-order valence-electron chi connectivity index (χ1n) is 10.4. The number of halogens is 1. The van der Waals surface area contributed by atoms with Crippen LogP contribution in [0.3, 0.4) is 0 Å². The monoisotopic (exact) mass is 414 g/mol. The van der Waals surface area contributed by atoms with E-state index in [9.17, 15) is 4.39 Å². The number of nitrogens with one attached hydrogen (secondary N) is 2. The average molecular weight is 415 g/mol. The van der Waals surface area contributed by atoms with E-state index in [-0.39, 0.29) is 5.82 Å². The quantitative estimate of drug-likeness (QED) is 0.514.